The molecule has 2 atom stereocenters. The van der Waals surface area contributed by atoms with Crippen molar-refractivity contribution >= 4 is 29.1 Å². The van der Waals surface area contributed by atoms with Gasteiger partial charge in [-0.05, 0) is 12.0 Å². The first-order valence-electron chi connectivity index (χ1n) is 6.20. The van der Waals surface area contributed by atoms with Crippen LogP contribution in [0.15, 0.2) is 30.3 Å². The molecule has 0 radical (unpaired) electrons. The van der Waals surface area contributed by atoms with Crippen LogP contribution >= 0.6 is 23.2 Å². The van der Waals surface area contributed by atoms with E-state index in [4.69, 9.17) is 23.2 Å². The molecule has 1 fully saturated rings. The monoisotopic (exact) mass is 285 g/mol. The molecular formula is C14H17Cl2NO. The quantitative estimate of drug-likeness (QED) is 0.778. The highest BCUT2D eigenvalue weighted by molar-refractivity contribution is 6.36. The third-order valence-electron chi connectivity index (χ3n) is 3.65. The molecule has 18 heavy (non-hydrogen) atoms. The fourth-order valence-electron chi connectivity index (χ4n) is 2.48. The van der Waals surface area contributed by atoms with Gasteiger partial charge in [0.15, 0.2) is 0 Å². The van der Waals surface area contributed by atoms with Crippen molar-refractivity contribution in [2.45, 2.75) is 24.8 Å². The molecule has 2 unspecified atom stereocenters. The number of alkyl halides is 2. The Morgan fingerprint density at radius 1 is 1.39 bits per heavy atom. The lowest BCUT2D eigenvalue weighted by Crippen LogP contribution is -2.37. The molecule has 1 aliphatic heterocycles. The van der Waals surface area contributed by atoms with E-state index >= 15 is 0 Å². The number of benzene rings is 1. The van der Waals surface area contributed by atoms with Gasteiger partial charge >= 0.3 is 0 Å². The topological polar surface area (TPSA) is 20.3 Å². The average molecular weight is 286 g/mol. The van der Waals surface area contributed by atoms with Gasteiger partial charge in [0.1, 0.15) is 4.87 Å². The molecule has 98 valence electrons. The van der Waals surface area contributed by atoms with E-state index in [0.717, 1.165) is 5.56 Å². The SMILES string of the molecule is CCC1(Cl)C(=O)N(Cc2ccccc2)CC1CCl. The van der Waals surface area contributed by atoms with Gasteiger partial charge in [0.05, 0.1) is 0 Å². The number of nitrogens with zero attached hydrogens (tertiary/aromatic N) is 1. The Morgan fingerprint density at radius 2 is 2.06 bits per heavy atom. The average Bonchev–Trinajstić information content (AvgIpc) is 2.65. The molecule has 1 aliphatic rings. The maximum Gasteiger partial charge on any atom is 0.244 e. The normalized spacial score (nSPS) is 27.8. The zero-order valence-corrected chi connectivity index (χ0v) is 11.9. The Labute approximate surface area is 118 Å². The Morgan fingerprint density at radius 3 is 2.56 bits per heavy atom. The third kappa shape index (κ3) is 2.36. The molecule has 2 nitrogen and oxygen atoms in total. The molecular weight excluding hydrogens is 269 g/mol. The highest BCUT2D eigenvalue weighted by Crippen LogP contribution is 2.39. The minimum absolute atomic E-state index is 0.0150. The van der Waals surface area contributed by atoms with Crippen LogP contribution in [-0.2, 0) is 11.3 Å². The molecule has 0 saturated carbocycles. The molecule has 0 bridgehead atoms. The smallest absolute Gasteiger partial charge is 0.244 e. The number of rotatable bonds is 4. The summed E-state index contributed by atoms with van der Waals surface area (Å²) >= 11 is 12.4. The van der Waals surface area contributed by atoms with Crippen molar-refractivity contribution < 1.29 is 4.79 Å². The van der Waals surface area contributed by atoms with Crippen LogP contribution in [-0.4, -0.2) is 28.1 Å². The second kappa shape index (κ2) is 5.50. The number of likely N-dealkylation sites (tertiary alicyclic amines) is 1. The molecule has 1 heterocycles. The molecule has 0 N–H and O–H groups in total. The summed E-state index contributed by atoms with van der Waals surface area (Å²) < 4.78 is 0. The van der Waals surface area contributed by atoms with Crippen LogP contribution in [0, 0.1) is 5.92 Å². The van der Waals surface area contributed by atoms with E-state index in [1.165, 1.54) is 0 Å². The second-order valence-electron chi connectivity index (χ2n) is 4.74. The first-order valence-corrected chi connectivity index (χ1v) is 7.11. The van der Waals surface area contributed by atoms with E-state index in [9.17, 15) is 4.79 Å². The predicted molar refractivity (Wildman–Crippen MR) is 74.9 cm³/mol. The first-order chi connectivity index (χ1) is 8.61. The van der Waals surface area contributed by atoms with Crippen molar-refractivity contribution in [2.75, 3.05) is 12.4 Å². The molecule has 4 heteroatoms. The molecule has 2 rings (SSSR count). The zero-order chi connectivity index (χ0) is 13.2. The lowest BCUT2D eigenvalue weighted by atomic mass is 9.94. The van der Waals surface area contributed by atoms with Gasteiger partial charge in [0.2, 0.25) is 5.91 Å². The van der Waals surface area contributed by atoms with Gasteiger partial charge in [0.25, 0.3) is 0 Å². The molecule has 0 spiro atoms. The van der Waals surface area contributed by atoms with Crippen LogP contribution in [0.1, 0.15) is 18.9 Å². The van der Waals surface area contributed by atoms with Gasteiger partial charge in [-0.2, -0.15) is 0 Å². The van der Waals surface area contributed by atoms with Gasteiger partial charge in [-0.1, -0.05) is 37.3 Å². The molecule has 0 aromatic heterocycles. The van der Waals surface area contributed by atoms with Crippen LogP contribution < -0.4 is 0 Å². The van der Waals surface area contributed by atoms with Gasteiger partial charge in [0, 0.05) is 24.9 Å². The van der Waals surface area contributed by atoms with E-state index in [1.807, 2.05) is 42.2 Å². The van der Waals surface area contributed by atoms with E-state index in [2.05, 4.69) is 0 Å². The summed E-state index contributed by atoms with van der Waals surface area (Å²) in [6.45, 7) is 3.20. The van der Waals surface area contributed by atoms with Crippen molar-refractivity contribution in [2.24, 2.45) is 5.92 Å². The third-order valence-corrected chi connectivity index (χ3v) is 4.76. The minimum atomic E-state index is -0.809. The summed E-state index contributed by atoms with van der Waals surface area (Å²) in [6, 6.07) is 9.95. The Bertz CT molecular complexity index is 423. The van der Waals surface area contributed by atoms with Crippen LogP contribution in [0.25, 0.3) is 0 Å². The Hall–Kier alpha value is -0.730. The molecule has 1 aromatic carbocycles. The Balaban J connectivity index is 2.15. The predicted octanol–water partition coefficient (Wildman–Crippen LogP) is 3.27. The van der Waals surface area contributed by atoms with Crippen LogP contribution in [0.3, 0.4) is 0 Å². The molecule has 1 saturated heterocycles. The number of hydrogen-bond acceptors (Lipinski definition) is 1. The van der Waals surface area contributed by atoms with Crippen molar-refractivity contribution in [3.8, 4) is 0 Å². The number of hydrogen-bond donors (Lipinski definition) is 0. The number of carbonyl (C=O) groups excluding carboxylic acids is 1. The van der Waals surface area contributed by atoms with Crippen molar-refractivity contribution in [3.05, 3.63) is 35.9 Å². The van der Waals surface area contributed by atoms with Gasteiger partial charge in [-0.3, -0.25) is 4.79 Å². The fraction of sp³-hybridized carbons (Fsp3) is 0.500. The van der Waals surface area contributed by atoms with Crippen molar-refractivity contribution in [1.29, 1.82) is 0 Å². The maximum atomic E-state index is 12.4. The van der Waals surface area contributed by atoms with Crippen LogP contribution in [0.4, 0.5) is 0 Å². The first kappa shape index (κ1) is 13.7. The van der Waals surface area contributed by atoms with Crippen molar-refractivity contribution in [3.63, 3.8) is 0 Å². The number of carbonyl (C=O) groups is 1. The zero-order valence-electron chi connectivity index (χ0n) is 10.4. The summed E-state index contributed by atoms with van der Waals surface area (Å²) in [5, 5.41) is 0. The Kier molecular flexibility index (Phi) is 4.18. The fourth-order valence-corrected chi connectivity index (χ4v) is 3.19. The lowest BCUT2D eigenvalue weighted by molar-refractivity contribution is -0.130. The van der Waals surface area contributed by atoms with E-state index < -0.39 is 4.87 Å². The summed E-state index contributed by atoms with van der Waals surface area (Å²) in [5.74, 6) is 0.470. The second-order valence-corrected chi connectivity index (χ2v) is 5.72. The van der Waals surface area contributed by atoms with E-state index in [1.54, 1.807) is 0 Å². The summed E-state index contributed by atoms with van der Waals surface area (Å²) in [4.78, 5) is 13.4. The largest absolute Gasteiger partial charge is 0.336 e. The molecule has 0 aliphatic carbocycles. The van der Waals surface area contributed by atoms with E-state index in [-0.39, 0.29) is 11.8 Å². The standard InChI is InChI=1S/C14H17Cl2NO/c1-2-14(16)12(8-15)10-17(13(14)18)9-11-6-4-3-5-7-11/h3-7,12H,2,8-10H2,1H3. The number of halogens is 2. The summed E-state index contributed by atoms with van der Waals surface area (Å²) in [6.07, 6.45) is 0.621. The minimum Gasteiger partial charge on any atom is -0.336 e. The summed E-state index contributed by atoms with van der Waals surface area (Å²) in [7, 11) is 0. The number of amides is 1. The summed E-state index contributed by atoms with van der Waals surface area (Å²) in [5.41, 5.74) is 1.12. The van der Waals surface area contributed by atoms with Crippen LogP contribution in [0.5, 0.6) is 0 Å². The highest BCUT2D eigenvalue weighted by atomic mass is 35.5. The van der Waals surface area contributed by atoms with Gasteiger partial charge in [-0.15, -0.1) is 23.2 Å². The van der Waals surface area contributed by atoms with Crippen molar-refractivity contribution in [1.82, 2.24) is 4.90 Å². The molecule has 1 amide bonds. The van der Waals surface area contributed by atoms with Gasteiger partial charge in [-0.25, -0.2) is 0 Å². The molecule has 1 aromatic rings. The van der Waals surface area contributed by atoms with Gasteiger partial charge < -0.3 is 4.90 Å². The van der Waals surface area contributed by atoms with E-state index in [0.29, 0.717) is 25.4 Å². The maximum absolute atomic E-state index is 12.4. The van der Waals surface area contributed by atoms with Crippen LogP contribution in [0.2, 0.25) is 0 Å². The lowest BCUT2D eigenvalue weighted by Gasteiger charge is -2.22. The highest BCUT2D eigenvalue weighted by Gasteiger charge is 2.50.